The molecule has 1 heterocycles. The van der Waals surface area contributed by atoms with Gasteiger partial charge in [0.1, 0.15) is 18.1 Å². The van der Waals surface area contributed by atoms with Gasteiger partial charge in [-0.1, -0.05) is 54.1 Å². The van der Waals surface area contributed by atoms with E-state index in [9.17, 15) is 4.79 Å². The lowest BCUT2D eigenvalue weighted by Gasteiger charge is -2.07. The van der Waals surface area contributed by atoms with Gasteiger partial charge in [-0.15, -0.1) is 0 Å². The van der Waals surface area contributed by atoms with Crippen LogP contribution in [0.25, 0.3) is 6.08 Å². The van der Waals surface area contributed by atoms with Crippen LogP contribution in [-0.2, 0) is 6.61 Å². The van der Waals surface area contributed by atoms with E-state index in [-0.39, 0.29) is 11.5 Å². The Bertz CT molecular complexity index is 993. The fraction of sp³-hybridized carbons (Fsp3) is 0.0455. The van der Waals surface area contributed by atoms with E-state index < -0.39 is 0 Å². The highest BCUT2D eigenvalue weighted by Crippen LogP contribution is 2.35. The van der Waals surface area contributed by atoms with Crippen LogP contribution in [0.4, 0.5) is 0 Å². The molecule has 0 spiro atoms. The molecule has 0 saturated carbocycles. The van der Waals surface area contributed by atoms with Crippen molar-refractivity contribution in [3.05, 3.63) is 100 Å². The molecule has 128 valence electrons. The molecule has 0 radical (unpaired) electrons. The van der Waals surface area contributed by atoms with E-state index in [1.807, 2.05) is 42.5 Å². The van der Waals surface area contributed by atoms with Crippen LogP contribution >= 0.6 is 11.6 Å². The number of hydrogen-bond donors (Lipinski definition) is 0. The molecule has 0 fully saturated rings. The molecule has 4 rings (SSSR count). The molecule has 4 heteroatoms. The molecular formula is C22H15ClO3. The van der Waals surface area contributed by atoms with E-state index in [1.54, 1.807) is 36.4 Å². The smallest absolute Gasteiger partial charge is 0.231 e. The second-order valence-electron chi connectivity index (χ2n) is 5.93. The zero-order chi connectivity index (χ0) is 17.9. The van der Waals surface area contributed by atoms with Crippen molar-refractivity contribution in [2.24, 2.45) is 0 Å². The summed E-state index contributed by atoms with van der Waals surface area (Å²) in [7, 11) is 0. The van der Waals surface area contributed by atoms with Crippen molar-refractivity contribution in [3.63, 3.8) is 0 Å². The van der Waals surface area contributed by atoms with E-state index in [2.05, 4.69) is 0 Å². The van der Waals surface area contributed by atoms with Crippen LogP contribution in [0.5, 0.6) is 11.5 Å². The normalized spacial score (nSPS) is 14.2. The largest absolute Gasteiger partial charge is 0.489 e. The minimum absolute atomic E-state index is 0.144. The van der Waals surface area contributed by atoms with E-state index in [0.29, 0.717) is 28.7 Å². The van der Waals surface area contributed by atoms with Gasteiger partial charge in [0, 0.05) is 11.1 Å². The number of allylic oxidation sites excluding steroid dienone is 1. The molecular weight excluding hydrogens is 348 g/mol. The van der Waals surface area contributed by atoms with Crippen molar-refractivity contribution in [1.29, 1.82) is 0 Å². The number of fused-ring (bicyclic) bond motifs is 1. The van der Waals surface area contributed by atoms with Gasteiger partial charge in [-0.3, -0.25) is 4.79 Å². The van der Waals surface area contributed by atoms with Gasteiger partial charge in [0.25, 0.3) is 0 Å². The first-order valence-electron chi connectivity index (χ1n) is 8.20. The lowest BCUT2D eigenvalue weighted by Crippen LogP contribution is -1.98. The molecule has 0 saturated heterocycles. The van der Waals surface area contributed by atoms with Gasteiger partial charge in [-0.2, -0.15) is 0 Å². The maximum absolute atomic E-state index is 12.5. The molecule has 26 heavy (non-hydrogen) atoms. The molecule has 0 aromatic heterocycles. The van der Waals surface area contributed by atoms with Crippen LogP contribution in [0.3, 0.4) is 0 Å². The third-order valence-electron chi connectivity index (χ3n) is 4.04. The average molecular weight is 363 g/mol. The quantitative estimate of drug-likeness (QED) is 0.572. The number of ether oxygens (including phenoxy) is 2. The zero-order valence-electron chi connectivity index (χ0n) is 13.8. The fourth-order valence-corrected chi connectivity index (χ4v) is 2.94. The van der Waals surface area contributed by atoms with Crippen molar-refractivity contribution in [2.45, 2.75) is 6.61 Å². The van der Waals surface area contributed by atoms with Crippen LogP contribution < -0.4 is 9.47 Å². The second kappa shape index (κ2) is 7.06. The summed E-state index contributed by atoms with van der Waals surface area (Å²) in [6.45, 7) is 0.457. The summed E-state index contributed by atoms with van der Waals surface area (Å²) in [5, 5.41) is 0.610. The number of carbonyl (C=O) groups is 1. The monoisotopic (exact) mass is 362 g/mol. The summed E-state index contributed by atoms with van der Waals surface area (Å²) in [5.41, 5.74) is 2.42. The van der Waals surface area contributed by atoms with Crippen LogP contribution in [0.15, 0.2) is 78.6 Å². The average Bonchev–Trinajstić information content (AvgIpc) is 2.96. The standard InChI is InChI=1S/C22H15ClO3/c23-17-8-4-7-16(11-17)12-21-22(24)19-10-9-18(13-20(19)26-21)25-14-15-5-2-1-3-6-15/h1-13H,14H2/b21-12+. The van der Waals surface area contributed by atoms with E-state index in [0.717, 1.165) is 11.1 Å². The molecule has 3 aromatic carbocycles. The van der Waals surface area contributed by atoms with Crippen LogP contribution in [0.2, 0.25) is 5.02 Å². The lowest BCUT2D eigenvalue weighted by atomic mass is 10.1. The van der Waals surface area contributed by atoms with Gasteiger partial charge in [0.2, 0.25) is 5.78 Å². The first-order chi connectivity index (χ1) is 12.7. The fourth-order valence-electron chi connectivity index (χ4n) is 2.75. The Balaban J connectivity index is 1.53. The lowest BCUT2D eigenvalue weighted by molar-refractivity contribution is 0.101. The number of rotatable bonds is 4. The van der Waals surface area contributed by atoms with E-state index in [4.69, 9.17) is 21.1 Å². The first kappa shape index (κ1) is 16.4. The Morgan fingerprint density at radius 3 is 2.62 bits per heavy atom. The molecule has 0 N–H and O–H groups in total. The van der Waals surface area contributed by atoms with Gasteiger partial charge in [0.05, 0.1) is 5.56 Å². The topological polar surface area (TPSA) is 35.5 Å². The Hall–Kier alpha value is -3.04. The summed E-state index contributed by atoms with van der Waals surface area (Å²) >= 11 is 5.99. The molecule has 1 aliphatic heterocycles. The molecule has 3 aromatic rings. The molecule has 0 unspecified atom stereocenters. The predicted molar refractivity (Wildman–Crippen MR) is 102 cm³/mol. The number of Topliss-reactive ketones (excluding diaryl/α,β-unsaturated/α-hetero) is 1. The van der Waals surface area contributed by atoms with Gasteiger partial charge >= 0.3 is 0 Å². The Labute approximate surface area is 156 Å². The SMILES string of the molecule is O=C1/C(=C\c2cccc(Cl)c2)Oc2cc(OCc3ccccc3)ccc21. The summed E-state index contributed by atoms with van der Waals surface area (Å²) in [4.78, 5) is 12.5. The molecule has 3 nitrogen and oxygen atoms in total. The van der Waals surface area contributed by atoms with E-state index in [1.165, 1.54) is 0 Å². The predicted octanol–water partition coefficient (Wildman–Crippen LogP) is 5.54. The van der Waals surface area contributed by atoms with Gasteiger partial charge in [-0.25, -0.2) is 0 Å². The molecule has 0 aliphatic carbocycles. The molecule has 0 atom stereocenters. The number of halogens is 1. The van der Waals surface area contributed by atoms with Crippen LogP contribution in [-0.4, -0.2) is 5.78 Å². The third-order valence-corrected chi connectivity index (χ3v) is 4.27. The number of carbonyl (C=O) groups excluding carboxylic acids is 1. The zero-order valence-corrected chi connectivity index (χ0v) is 14.6. The van der Waals surface area contributed by atoms with E-state index >= 15 is 0 Å². The molecule has 0 amide bonds. The van der Waals surface area contributed by atoms with Crippen molar-refractivity contribution < 1.29 is 14.3 Å². The van der Waals surface area contributed by atoms with Gasteiger partial charge in [0.15, 0.2) is 5.76 Å². The van der Waals surface area contributed by atoms with Gasteiger partial charge in [-0.05, 0) is 41.5 Å². The van der Waals surface area contributed by atoms with Crippen molar-refractivity contribution >= 4 is 23.5 Å². The van der Waals surface area contributed by atoms with Crippen molar-refractivity contribution in [2.75, 3.05) is 0 Å². The highest BCUT2D eigenvalue weighted by Gasteiger charge is 2.27. The number of ketones is 1. The maximum Gasteiger partial charge on any atom is 0.231 e. The summed E-state index contributed by atoms with van der Waals surface area (Å²) in [6.07, 6.45) is 1.69. The molecule has 1 aliphatic rings. The third kappa shape index (κ3) is 3.48. The summed E-state index contributed by atoms with van der Waals surface area (Å²) in [6, 6.07) is 22.4. The van der Waals surface area contributed by atoms with Crippen LogP contribution in [0.1, 0.15) is 21.5 Å². The van der Waals surface area contributed by atoms with Gasteiger partial charge < -0.3 is 9.47 Å². The minimum Gasteiger partial charge on any atom is -0.489 e. The van der Waals surface area contributed by atoms with Crippen LogP contribution in [0, 0.1) is 0 Å². The summed E-state index contributed by atoms with van der Waals surface area (Å²) < 4.78 is 11.5. The highest BCUT2D eigenvalue weighted by atomic mass is 35.5. The summed E-state index contributed by atoms with van der Waals surface area (Å²) in [5.74, 6) is 1.30. The maximum atomic E-state index is 12.5. The van der Waals surface area contributed by atoms with Crippen molar-refractivity contribution in [3.8, 4) is 11.5 Å². The first-order valence-corrected chi connectivity index (χ1v) is 8.57. The Morgan fingerprint density at radius 2 is 1.81 bits per heavy atom. The second-order valence-corrected chi connectivity index (χ2v) is 6.36. The minimum atomic E-state index is -0.144. The number of benzene rings is 3. The Kier molecular flexibility index (Phi) is 4.46. The molecule has 0 bridgehead atoms. The highest BCUT2D eigenvalue weighted by molar-refractivity contribution is 6.30. The number of hydrogen-bond acceptors (Lipinski definition) is 3. The Morgan fingerprint density at radius 1 is 0.962 bits per heavy atom. The van der Waals surface area contributed by atoms with Crippen molar-refractivity contribution in [1.82, 2.24) is 0 Å².